The molecular formula is C12H22O2. The Morgan fingerprint density at radius 1 is 1.50 bits per heavy atom. The highest BCUT2D eigenvalue weighted by Crippen LogP contribution is 2.55. The van der Waals surface area contributed by atoms with Crippen LogP contribution in [-0.2, 0) is 4.79 Å². The van der Waals surface area contributed by atoms with Gasteiger partial charge >= 0.3 is 5.97 Å². The van der Waals surface area contributed by atoms with Crippen LogP contribution in [0.4, 0.5) is 0 Å². The lowest BCUT2D eigenvalue weighted by molar-refractivity contribution is -0.168. The van der Waals surface area contributed by atoms with E-state index >= 15 is 0 Å². The smallest absolute Gasteiger partial charge is 0.310 e. The summed E-state index contributed by atoms with van der Waals surface area (Å²) in [7, 11) is 0. The number of carbonyl (C=O) groups is 1. The van der Waals surface area contributed by atoms with Crippen molar-refractivity contribution in [3.05, 3.63) is 0 Å². The first-order valence-corrected chi connectivity index (χ1v) is 5.62. The molecule has 0 bridgehead atoms. The van der Waals surface area contributed by atoms with Crippen LogP contribution >= 0.6 is 0 Å². The molecule has 1 N–H and O–H groups in total. The lowest BCUT2D eigenvalue weighted by atomic mass is 9.52. The number of aliphatic carboxylic acids is 1. The van der Waals surface area contributed by atoms with Gasteiger partial charge in [0.25, 0.3) is 0 Å². The molecule has 0 amide bonds. The number of hydrogen-bond acceptors (Lipinski definition) is 1. The van der Waals surface area contributed by atoms with E-state index in [-0.39, 0.29) is 5.41 Å². The number of carboxylic acids is 1. The summed E-state index contributed by atoms with van der Waals surface area (Å²) in [5.41, 5.74) is -0.573. The van der Waals surface area contributed by atoms with Gasteiger partial charge in [-0.25, -0.2) is 0 Å². The highest BCUT2D eigenvalue weighted by Gasteiger charge is 2.54. The second kappa shape index (κ2) is 3.56. The highest BCUT2D eigenvalue weighted by molar-refractivity contribution is 5.76. The van der Waals surface area contributed by atoms with Crippen molar-refractivity contribution in [2.45, 2.75) is 53.4 Å². The summed E-state index contributed by atoms with van der Waals surface area (Å²) < 4.78 is 0. The Balaban J connectivity index is 3.14. The van der Waals surface area contributed by atoms with Crippen molar-refractivity contribution in [3.8, 4) is 0 Å². The summed E-state index contributed by atoms with van der Waals surface area (Å²) >= 11 is 0. The minimum absolute atomic E-state index is 0.0642. The van der Waals surface area contributed by atoms with Crippen LogP contribution in [-0.4, -0.2) is 11.1 Å². The maximum Gasteiger partial charge on any atom is 0.310 e. The Kier molecular flexibility index (Phi) is 2.93. The van der Waals surface area contributed by atoms with E-state index in [1.165, 1.54) is 6.42 Å². The van der Waals surface area contributed by atoms with Gasteiger partial charge < -0.3 is 5.11 Å². The van der Waals surface area contributed by atoms with E-state index in [2.05, 4.69) is 20.8 Å². The zero-order chi connectivity index (χ0) is 11.0. The second-order valence-corrected chi connectivity index (χ2v) is 5.31. The van der Waals surface area contributed by atoms with Gasteiger partial charge in [-0.1, -0.05) is 34.1 Å². The topological polar surface area (TPSA) is 37.3 Å². The van der Waals surface area contributed by atoms with Crippen LogP contribution in [0.5, 0.6) is 0 Å². The van der Waals surface area contributed by atoms with E-state index < -0.39 is 11.4 Å². The molecule has 0 heterocycles. The van der Waals surface area contributed by atoms with Gasteiger partial charge in [-0.3, -0.25) is 4.79 Å². The summed E-state index contributed by atoms with van der Waals surface area (Å²) in [5.74, 6) is -0.300. The number of hydrogen-bond donors (Lipinski definition) is 1. The van der Waals surface area contributed by atoms with E-state index in [0.29, 0.717) is 5.92 Å². The quantitative estimate of drug-likeness (QED) is 0.739. The third kappa shape index (κ3) is 1.35. The van der Waals surface area contributed by atoms with Crippen molar-refractivity contribution in [1.29, 1.82) is 0 Å². The van der Waals surface area contributed by atoms with Crippen LogP contribution in [0, 0.1) is 16.7 Å². The molecule has 0 aromatic rings. The fourth-order valence-electron chi connectivity index (χ4n) is 3.47. The molecule has 1 saturated carbocycles. The molecule has 0 spiro atoms. The van der Waals surface area contributed by atoms with Crippen LogP contribution in [0.15, 0.2) is 0 Å². The van der Waals surface area contributed by atoms with Crippen LogP contribution in [0.25, 0.3) is 0 Å². The van der Waals surface area contributed by atoms with Gasteiger partial charge in [0, 0.05) is 0 Å². The van der Waals surface area contributed by atoms with E-state index in [1.54, 1.807) is 0 Å². The Hall–Kier alpha value is -0.530. The average molecular weight is 198 g/mol. The lowest BCUT2D eigenvalue weighted by Crippen LogP contribution is -2.51. The molecule has 2 atom stereocenters. The van der Waals surface area contributed by atoms with Gasteiger partial charge in [-0.05, 0) is 30.6 Å². The van der Waals surface area contributed by atoms with Crippen molar-refractivity contribution in [2.75, 3.05) is 0 Å². The van der Waals surface area contributed by atoms with Crippen molar-refractivity contribution >= 4 is 5.97 Å². The maximum absolute atomic E-state index is 11.5. The summed E-state index contributed by atoms with van der Waals surface area (Å²) in [4.78, 5) is 11.5. The van der Waals surface area contributed by atoms with Crippen LogP contribution in [0.2, 0.25) is 0 Å². The molecule has 82 valence electrons. The van der Waals surface area contributed by atoms with Crippen LogP contribution in [0.1, 0.15) is 53.4 Å². The normalized spacial score (nSPS) is 36.7. The van der Waals surface area contributed by atoms with Gasteiger partial charge in [0.1, 0.15) is 0 Å². The van der Waals surface area contributed by atoms with E-state index in [1.807, 2.05) is 6.92 Å². The fraction of sp³-hybridized carbons (Fsp3) is 0.917. The van der Waals surface area contributed by atoms with Gasteiger partial charge in [0.05, 0.1) is 5.41 Å². The predicted molar refractivity (Wildman–Crippen MR) is 57.2 cm³/mol. The molecule has 0 aromatic heterocycles. The maximum atomic E-state index is 11.5. The summed E-state index contributed by atoms with van der Waals surface area (Å²) in [6, 6.07) is 0. The Morgan fingerprint density at radius 2 is 2.07 bits per heavy atom. The van der Waals surface area contributed by atoms with Crippen molar-refractivity contribution in [2.24, 2.45) is 16.7 Å². The summed E-state index contributed by atoms with van der Waals surface area (Å²) in [6.07, 6.45) is 4.01. The van der Waals surface area contributed by atoms with E-state index in [4.69, 9.17) is 0 Å². The Morgan fingerprint density at radius 3 is 2.36 bits per heavy atom. The van der Waals surface area contributed by atoms with Crippen molar-refractivity contribution in [3.63, 3.8) is 0 Å². The molecule has 0 aliphatic heterocycles. The van der Waals surface area contributed by atoms with Crippen molar-refractivity contribution in [1.82, 2.24) is 0 Å². The summed E-state index contributed by atoms with van der Waals surface area (Å²) in [5, 5.41) is 9.49. The molecule has 0 unspecified atom stereocenters. The Bertz CT molecular complexity index is 232. The van der Waals surface area contributed by atoms with Gasteiger partial charge in [-0.15, -0.1) is 0 Å². The fourth-order valence-corrected chi connectivity index (χ4v) is 3.47. The van der Waals surface area contributed by atoms with Gasteiger partial charge in [-0.2, -0.15) is 0 Å². The van der Waals surface area contributed by atoms with E-state index in [0.717, 1.165) is 19.3 Å². The van der Waals surface area contributed by atoms with Gasteiger partial charge in [0.2, 0.25) is 0 Å². The standard InChI is InChI=1S/C12H22O2/c1-5-12(10(13)14)9(2)7-6-8-11(12,3)4/h9H,5-8H2,1-4H3,(H,13,14)/t9-,12-/m0/s1. The third-order valence-corrected chi connectivity index (χ3v) is 4.43. The molecular weight excluding hydrogens is 176 g/mol. The summed E-state index contributed by atoms with van der Waals surface area (Å²) in [6.45, 7) is 8.33. The molecule has 1 aliphatic carbocycles. The van der Waals surface area contributed by atoms with Gasteiger partial charge in [0.15, 0.2) is 0 Å². The largest absolute Gasteiger partial charge is 0.481 e. The van der Waals surface area contributed by atoms with E-state index in [9.17, 15) is 9.90 Å². The molecule has 2 nitrogen and oxygen atoms in total. The molecule has 2 heteroatoms. The van der Waals surface area contributed by atoms with Crippen LogP contribution in [0.3, 0.4) is 0 Å². The predicted octanol–water partition coefficient (Wildman–Crippen LogP) is 3.31. The first-order valence-electron chi connectivity index (χ1n) is 5.62. The minimum Gasteiger partial charge on any atom is -0.481 e. The molecule has 0 radical (unpaired) electrons. The van der Waals surface area contributed by atoms with Crippen LogP contribution < -0.4 is 0 Å². The number of rotatable bonds is 2. The second-order valence-electron chi connectivity index (χ2n) is 5.31. The molecule has 1 rings (SSSR count). The lowest BCUT2D eigenvalue weighted by Gasteiger charge is -2.50. The molecule has 1 aliphatic rings. The minimum atomic E-state index is -0.600. The monoisotopic (exact) mass is 198 g/mol. The molecule has 1 fully saturated rings. The van der Waals surface area contributed by atoms with Crippen molar-refractivity contribution < 1.29 is 9.90 Å². The number of carboxylic acid groups (broad SMARTS) is 1. The highest BCUT2D eigenvalue weighted by atomic mass is 16.4. The SMILES string of the molecule is CC[C@@]1(C(=O)O)[C@@H](C)CCCC1(C)C. The zero-order valence-corrected chi connectivity index (χ0v) is 9.76. The first kappa shape index (κ1) is 11.5. The molecule has 0 aromatic carbocycles. The average Bonchev–Trinajstić information content (AvgIpc) is 2.03. The molecule has 14 heavy (non-hydrogen) atoms. The first-order chi connectivity index (χ1) is 6.38. The third-order valence-electron chi connectivity index (χ3n) is 4.43. The Labute approximate surface area is 86.7 Å². The molecule has 0 saturated heterocycles. The zero-order valence-electron chi connectivity index (χ0n) is 9.76.